The SMILES string of the molecule is O=C1CN(C(=O)c2cc(Cl)ccc2[N+](=O)[O-])C(c2cccs2)c2cc(F)ccc2N1. The van der Waals surface area contributed by atoms with Gasteiger partial charge in [0.15, 0.2) is 0 Å². The Morgan fingerprint density at radius 1 is 1.27 bits per heavy atom. The van der Waals surface area contributed by atoms with E-state index in [0.29, 0.717) is 16.1 Å². The van der Waals surface area contributed by atoms with Gasteiger partial charge in [-0.3, -0.25) is 19.7 Å². The molecule has 0 spiro atoms. The molecule has 3 aromatic rings. The van der Waals surface area contributed by atoms with Gasteiger partial charge in [0.2, 0.25) is 5.91 Å². The number of nitro benzene ring substituents is 1. The van der Waals surface area contributed by atoms with Crippen molar-refractivity contribution in [1.29, 1.82) is 0 Å². The van der Waals surface area contributed by atoms with Gasteiger partial charge in [0.25, 0.3) is 11.6 Å². The average Bonchev–Trinajstić information content (AvgIpc) is 3.18. The van der Waals surface area contributed by atoms with Crippen LogP contribution in [0.5, 0.6) is 0 Å². The van der Waals surface area contributed by atoms with E-state index >= 15 is 0 Å². The number of nitrogens with one attached hydrogen (secondary N) is 1. The minimum atomic E-state index is -0.819. The van der Waals surface area contributed by atoms with Crippen molar-refractivity contribution in [2.45, 2.75) is 6.04 Å². The van der Waals surface area contributed by atoms with Crippen LogP contribution in [0.25, 0.3) is 0 Å². The first kappa shape index (κ1) is 20.0. The first-order valence-electron chi connectivity index (χ1n) is 8.73. The zero-order valence-corrected chi connectivity index (χ0v) is 16.7. The van der Waals surface area contributed by atoms with Gasteiger partial charge in [0, 0.05) is 27.2 Å². The summed E-state index contributed by atoms with van der Waals surface area (Å²) < 4.78 is 14.1. The normalized spacial score (nSPS) is 15.9. The second-order valence-corrected chi connectivity index (χ2v) is 7.97. The topological polar surface area (TPSA) is 92.5 Å². The van der Waals surface area contributed by atoms with Crippen LogP contribution in [0.1, 0.15) is 26.8 Å². The highest BCUT2D eigenvalue weighted by atomic mass is 35.5. The van der Waals surface area contributed by atoms with Crippen LogP contribution in [0.4, 0.5) is 15.8 Å². The van der Waals surface area contributed by atoms with Gasteiger partial charge in [0.1, 0.15) is 17.9 Å². The molecular formula is C20H13ClFN3O4S. The summed E-state index contributed by atoms with van der Waals surface area (Å²) in [6, 6.07) is 10.2. The molecule has 7 nitrogen and oxygen atoms in total. The molecule has 1 aliphatic heterocycles. The van der Waals surface area contributed by atoms with Gasteiger partial charge in [-0.25, -0.2) is 4.39 Å². The Morgan fingerprint density at radius 2 is 2.07 bits per heavy atom. The molecule has 0 aliphatic carbocycles. The molecular weight excluding hydrogens is 433 g/mol. The number of thiophene rings is 1. The van der Waals surface area contributed by atoms with Crippen molar-refractivity contribution in [1.82, 2.24) is 4.90 Å². The van der Waals surface area contributed by atoms with Crippen LogP contribution < -0.4 is 5.32 Å². The third-order valence-corrected chi connectivity index (χ3v) is 5.83. The predicted molar refractivity (Wildman–Crippen MR) is 110 cm³/mol. The molecule has 10 heteroatoms. The number of amides is 2. The third-order valence-electron chi connectivity index (χ3n) is 4.67. The van der Waals surface area contributed by atoms with E-state index in [2.05, 4.69) is 5.32 Å². The monoisotopic (exact) mass is 445 g/mol. The number of hydrogen-bond donors (Lipinski definition) is 1. The number of fused-ring (bicyclic) bond motifs is 1. The van der Waals surface area contributed by atoms with Crippen molar-refractivity contribution in [2.24, 2.45) is 0 Å². The van der Waals surface area contributed by atoms with Crippen molar-refractivity contribution in [3.8, 4) is 0 Å². The molecule has 2 aromatic carbocycles. The third kappa shape index (κ3) is 3.64. The molecule has 1 aliphatic rings. The van der Waals surface area contributed by atoms with Crippen LogP contribution >= 0.6 is 22.9 Å². The minimum Gasteiger partial charge on any atom is -0.324 e. The molecule has 0 radical (unpaired) electrons. The molecule has 30 heavy (non-hydrogen) atoms. The largest absolute Gasteiger partial charge is 0.324 e. The molecule has 4 rings (SSSR count). The summed E-state index contributed by atoms with van der Waals surface area (Å²) in [6.07, 6.45) is 0. The number of halogens is 2. The van der Waals surface area contributed by atoms with E-state index in [9.17, 15) is 24.1 Å². The van der Waals surface area contributed by atoms with Crippen LogP contribution in [0, 0.1) is 15.9 Å². The van der Waals surface area contributed by atoms with Crippen molar-refractivity contribution in [3.05, 3.63) is 90.9 Å². The average molecular weight is 446 g/mol. The zero-order valence-electron chi connectivity index (χ0n) is 15.2. The van der Waals surface area contributed by atoms with Crippen molar-refractivity contribution < 1.29 is 18.9 Å². The van der Waals surface area contributed by atoms with Crippen LogP contribution in [-0.4, -0.2) is 28.2 Å². The van der Waals surface area contributed by atoms with Crippen molar-refractivity contribution >= 4 is 46.1 Å². The summed E-state index contributed by atoms with van der Waals surface area (Å²) in [5.41, 5.74) is 0.0668. The number of benzene rings is 2. The lowest BCUT2D eigenvalue weighted by Crippen LogP contribution is -2.39. The maximum absolute atomic E-state index is 14.1. The Balaban J connectivity index is 1.91. The Labute approximate surface area is 178 Å². The van der Waals surface area contributed by atoms with Crippen LogP contribution in [0.2, 0.25) is 5.02 Å². The Kier molecular flexibility index (Phi) is 5.23. The fraction of sp³-hybridized carbons (Fsp3) is 0.100. The molecule has 1 N–H and O–H groups in total. The highest BCUT2D eigenvalue weighted by Crippen LogP contribution is 2.39. The highest BCUT2D eigenvalue weighted by Gasteiger charge is 2.37. The van der Waals surface area contributed by atoms with Crippen LogP contribution in [0.3, 0.4) is 0 Å². The highest BCUT2D eigenvalue weighted by molar-refractivity contribution is 7.10. The lowest BCUT2D eigenvalue weighted by molar-refractivity contribution is -0.385. The van der Waals surface area contributed by atoms with Crippen LogP contribution in [0.15, 0.2) is 53.9 Å². The number of anilines is 1. The Hall–Kier alpha value is -3.30. The smallest absolute Gasteiger partial charge is 0.282 e. The zero-order chi connectivity index (χ0) is 21.4. The van der Waals surface area contributed by atoms with Gasteiger partial charge in [0.05, 0.1) is 11.0 Å². The Morgan fingerprint density at radius 3 is 2.77 bits per heavy atom. The van der Waals surface area contributed by atoms with E-state index in [1.54, 1.807) is 17.5 Å². The van der Waals surface area contributed by atoms with Gasteiger partial charge in [-0.05, 0) is 41.8 Å². The molecule has 2 heterocycles. The molecule has 0 bridgehead atoms. The minimum absolute atomic E-state index is 0.141. The van der Waals surface area contributed by atoms with Gasteiger partial charge in [-0.2, -0.15) is 0 Å². The summed E-state index contributed by atoms with van der Waals surface area (Å²) in [4.78, 5) is 38.7. The van der Waals surface area contributed by atoms with E-state index in [-0.39, 0.29) is 17.1 Å². The van der Waals surface area contributed by atoms with Gasteiger partial charge in [-0.1, -0.05) is 17.7 Å². The van der Waals surface area contributed by atoms with Gasteiger partial charge in [-0.15, -0.1) is 11.3 Å². The number of carbonyl (C=O) groups is 2. The molecule has 1 atom stereocenters. The molecule has 0 fully saturated rings. The quantitative estimate of drug-likeness (QED) is 0.469. The van der Waals surface area contributed by atoms with E-state index in [4.69, 9.17) is 11.6 Å². The summed E-state index contributed by atoms with van der Waals surface area (Å²) >= 11 is 7.31. The van der Waals surface area contributed by atoms with Gasteiger partial charge < -0.3 is 10.2 Å². The standard InChI is InChI=1S/C20H13ClFN3O4S/c21-11-3-6-16(25(28)29)14(8-11)20(27)24-10-18(26)23-15-5-4-12(22)9-13(15)19(24)17-2-1-7-30-17/h1-9,19H,10H2,(H,23,26). The molecule has 1 aromatic heterocycles. The molecule has 1 unspecified atom stereocenters. The number of hydrogen-bond acceptors (Lipinski definition) is 5. The second kappa shape index (κ2) is 7.85. The van der Waals surface area contributed by atoms with E-state index in [1.807, 2.05) is 0 Å². The van der Waals surface area contributed by atoms with Gasteiger partial charge >= 0.3 is 0 Å². The fourth-order valence-corrected chi connectivity index (χ4v) is 4.44. The summed E-state index contributed by atoms with van der Waals surface area (Å²) in [7, 11) is 0. The van der Waals surface area contributed by atoms with E-state index < -0.39 is 34.3 Å². The molecule has 152 valence electrons. The summed E-state index contributed by atoms with van der Waals surface area (Å²) in [6.45, 7) is -0.374. The first-order chi connectivity index (χ1) is 14.3. The van der Waals surface area contributed by atoms with Crippen molar-refractivity contribution in [2.75, 3.05) is 11.9 Å². The number of nitro groups is 1. The van der Waals surface area contributed by atoms with Crippen molar-refractivity contribution in [3.63, 3.8) is 0 Å². The predicted octanol–water partition coefficient (Wildman–Crippen LogP) is 4.63. The second-order valence-electron chi connectivity index (χ2n) is 6.55. The van der Waals surface area contributed by atoms with E-state index in [1.165, 1.54) is 46.6 Å². The molecule has 0 saturated carbocycles. The molecule has 2 amide bonds. The summed E-state index contributed by atoms with van der Waals surface area (Å²) in [5, 5.41) is 16.1. The lowest BCUT2D eigenvalue weighted by atomic mass is 10.0. The lowest BCUT2D eigenvalue weighted by Gasteiger charge is -2.29. The maximum atomic E-state index is 14.1. The van der Waals surface area contributed by atoms with E-state index in [0.717, 1.165) is 6.07 Å². The Bertz CT molecular complexity index is 1170. The molecule has 0 saturated heterocycles. The first-order valence-corrected chi connectivity index (χ1v) is 9.98. The number of nitrogens with zero attached hydrogens (tertiary/aromatic N) is 2. The summed E-state index contributed by atoms with van der Waals surface area (Å²) in [5.74, 6) is -1.79. The fourth-order valence-electron chi connectivity index (χ4n) is 3.41. The van der Waals surface area contributed by atoms with Crippen LogP contribution in [-0.2, 0) is 4.79 Å². The number of carbonyl (C=O) groups excluding carboxylic acids is 2. The number of rotatable bonds is 3. The maximum Gasteiger partial charge on any atom is 0.282 e.